The molecule has 0 aliphatic heterocycles. The van der Waals surface area contributed by atoms with Crippen LogP contribution in [0.4, 0.5) is 0 Å². The van der Waals surface area contributed by atoms with Gasteiger partial charge in [-0.1, -0.05) is 67.9 Å². The van der Waals surface area contributed by atoms with Gasteiger partial charge in [0, 0.05) is 22.8 Å². The number of aromatic nitrogens is 3. The molecule has 1 heterocycles. The van der Waals surface area contributed by atoms with Gasteiger partial charge in [0.1, 0.15) is 5.75 Å². The maximum atomic E-state index is 5.98. The van der Waals surface area contributed by atoms with E-state index in [9.17, 15) is 0 Å². The summed E-state index contributed by atoms with van der Waals surface area (Å²) < 4.78 is 7.76. The van der Waals surface area contributed by atoms with Crippen molar-refractivity contribution < 1.29 is 4.74 Å². The molecule has 30 heavy (non-hydrogen) atoms. The molecule has 3 aromatic rings. The Morgan fingerprint density at radius 3 is 2.63 bits per heavy atom. The highest BCUT2D eigenvalue weighted by Gasteiger charge is 2.12. The van der Waals surface area contributed by atoms with Crippen LogP contribution in [0.2, 0.25) is 5.02 Å². The first kappa shape index (κ1) is 22.4. The zero-order valence-electron chi connectivity index (χ0n) is 17.4. The van der Waals surface area contributed by atoms with E-state index in [0.717, 1.165) is 58.8 Å². The van der Waals surface area contributed by atoms with Crippen LogP contribution in [-0.4, -0.2) is 27.7 Å². The number of halogens is 1. The number of hydrogen-bond acceptors (Lipinski definition) is 5. The molecule has 0 spiro atoms. The van der Waals surface area contributed by atoms with Crippen LogP contribution in [0.3, 0.4) is 0 Å². The molecule has 5 nitrogen and oxygen atoms in total. The van der Waals surface area contributed by atoms with Gasteiger partial charge in [-0.2, -0.15) is 9.78 Å². The average molecular weight is 443 g/mol. The van der Waals surface area contributed by atoms with Crippen LogP contribution < -0.4 is 4.74 Å². The average Bonchev–Trinajstić information content (AvgIpc) is 3.14. The summed E-state index contributed by atoms with van der Waals surface area (Å²) in [5, 5.41) is 14.9. The van der Waals surface area contributed by atoms with Gasteiger partial charge in [0.15, 0.2) is 5.82 Å². The van der Waals surface area contributed by atoms with Crippen molar-refractivity contribution in [1.82, 2.24) is 14.9 Å². The van der Waals surface area contributed by atoms with Crippen molar-refractivity contribution in [3.63, 3.8) is 0 Å². The Labute approximate surface area is 187 Å². The molecule has 0 amide bonds. The summed E-state index contributed by atoms with van der Waals surface area (Å²) >= 11 is 7.59. The van der Waals surface area contributed by atoms with Gasteiger partial charge in [-0.05, 0) is 42.7 Å². The van der Waals surface area contributed by atoms with Crippen LogP contribution in [-0.2, 0) is 12.2 Å². The van der Waals surface area contributed by atoms with E-state index < -0.39 is 0 Å². The van der Waals surface area contributed by atoms with Crippen LogP contribution in [0.5, 0.6) is 5.75 Å². The van der Waals surface area contributed by atoms with Gasteiger partial charge in [-0.3, -0.25) is 0 Å². The Hall–Kier alpha value is -2.31. The third-order valence-corrected chi connectivity index (χ3v) is 5.66. The molecule has 0 atom stereocenters. The monoisotopic (exact) mass is 442 g/mol. The molecule has 158 valence electrons. The minimum Gasteiger partial charge on any atom is -0.493 e. The van der Waals surface area contributed by atoms with Gasteiger partial charge >= 0.3 is 0 Å². The van der Waals surface area contributed by atoms with Gasteiger partial charge in [0.25, 0.3) is 0 Å². The summed E-state index contributed by atoms with van der Waals surface area (Å²) in [5.74, 6) is 2.47. The van der Waals surface area contributed by atoms with Crippen LogP contribution in [0, 0.1) is 0 Å². The summed E-state index contributed by atoms with van der Waals surface area (Å²) in [4.78, 5) is 0. The molecule has 2 aromatic carbocycles. The van der Waals surface area contributed by atoms with Crippen LogP contribution >= 0.6 is 23.4 Å². The number of hydrogen-bond donors (Lipinski definition) is 0. The highest BCUT2D eigenvalue weighted by Crippen LogP contribution is 2.24. The fourth-order valence-electron chi connectivity index (χ4n) is 2.77. The first-order chi connectivity index (χ1) is 14.7. The standard InChI is InChI=1S/C23H27ClN4OS/c1-3-5-15-29-21-10-7-6-9-19(21)16-25-28-22(8-4-2)26-27-23(28)30-17-18-11-13-20(24)14-12-18/h6-7,9-14,16H,3-5,8,15,17H2,1-2H3/b25-16+. The molecule has 0 fully saturated rings. The molecule has 7 heteroatoms. The van der Waals surface area contributed by atoms with E-state index in [0.29, 0.717) is 6.61 Å². The zero-order valence-corrected chi connectivity index (χ0v) is 19.0. The number of aryl methyl sites for hydroxylation is 1. The molecule has 0 unspecified atom stereocenters. The molecule has 0 saturated carbocycles. The predicted octanol–water partition coefficient (Wildman–Crippen LogP) is 6.24. The van der Waals surface area contributed by atoms with Crippen molar-refractivity contribution in [2.45, 2.75) is 50.4 Å². The quantitative estimate of drug-likeness (QED) is 0.200. The molecular weight excluding hydrogens is 416 g/mol. The second kappa shape index (κ2) is 11.8. The van der Waals surface area contributed by atoms with Crippen molar-refractivity contribution in [2.24, 2.45) is 5.10 Å². The Balaban J connectivity index is 1.78. The Kier molecular flexibility index (Phi) is 8.78. The highest BCUT2D eigenvalue weighted by molar-refractivity contribution is 7.98. The van der Waals surface area contributed by atoms with Crippen LogP contribution in [0.25, 0.3) is 0 Å². The van der Waals surface area contributed by atoms with Gasteiger partial charge in [0.05, 0.1) is 12.8 Å². The van der Waals surface area contributed by atoms with E-state index in [2.05, 4.69) is 24.0 Å². The van der Waals surface area contributed by atoms with Crippen LogP contribution in [0.15, 0.2) is 58.8 Å². The lowest BCUT2D eigenvalue weighted by Gasteiger charge is -2.08. The molecule has 0 aliphatic rings. The smallest absolute Gasteiger partial charge is 0.212 e. The molecule has 0 saturated heterocycles. The van der Waals surface area contributed by atoms with E-state index in [4.69, 9.17) is 21.4 Å². The molecule has 0 N–H and O–H groups in total. The summed E-state index contributed by atoms with van der Waals surface area (Å²) in [7, 11) is 0. The summed E-state index contributed by atoms with van der Waals surface area (Å²) in [6, 6.07) is 15.8. The van der Waals surface area contributed by atoms with E-state index in [-0.39, 0.29) is 0 Å². The molecule has 0 radical (unpaired) electrons. The number of nitrogens with zero attached hydrogens (tertiary/aromatic N) is 4. The number of ether oxygens (including phenoxy) is 1. The zero-order chi connectivity index (χ0) is 21.2. The van der Waals surface area contributed by atoms with E-state index in [1.54, 1.807) is 11.8 Å². The molecular formula is C23H27ClN4OS. The number of thioether (sulfide) groups is 1. The fourth-order valence-corrected chi connectivity index (χ4v) is 3.76. The predicted molar refractivity (Wildman–Crippen MR) is 125 cm³/mol. The third-order valence-electron chi connectivity index (χ3n) is 4.42. The molecule has 3 rings (SSSR count). The van der Waals surface area contributed by atoms with Crippen molar-refractivity contribution in [1.29, 1.82) is 0 Å². The van der Waals surface area contributed by atoms with Gasteiger partial charge in [0.2, 0.25) is 5.16 Å². The SMILES string of the molecule is CCCCOc1ccccc1/C=N/n1c(CCC)nnc1SCc1ccc(Cl)cc1. The first-order valence-electron chi connectivity index (χ1n) is 10.3. The lowest BCUT2D eigenvalue weighted by Crippen LogP contribution is -2.02. The summed E-state index contributed by atoms with van der Waals surface area (Å²) in [5.41, 5.74) is 2.12. The molecule has 1 aromatic heterocycles. The van der Waals surface area contributed by atoms with E-state index >= 15 is 0 Å². The maximum Gasteiger partial charge on any atom is 0.212 e. The number of para-hydroxylation sites is 1. The second-order valence-electron chi connectivity index (χ2n) is 6.86. The largest absolute Gasteiger partial charge is 0.493 e. The molecule has 0 bridgehead atoms. The fraction of sp³-hybridized carbons (Fsp3) is 0.348. The normalized spacial score (nSPS) is 11.3. The second-order valence-corrected chi connectivity index (χ2v) is 8.24. The molecule has 0 aliphatic carbocycles. The Bertz CT molecular complexity index is 956. The minimum atomic E-state index is 0.706. The lowest BCUT2D eigenvalue weighted by atomic mass is 10.2. The van der Waals surface area contributed by atoms with Crippen molar-refractivity contribution in [3.05, 3.63) is 70.5 Å². The summed E-state index contributed by atoms with van der Waals surface area (Å²) in [6.45, 7) is 4.98. The Morgan fingerprint density at radius 2 is 1.87 bits per heavy atom. The van der Waals surface area contributed by atoms with E-state index in [1.165, 1.54) is 5.56 Å². The maximum absolute atomic E-state index is 5.98. The van der Waals surface area contributed by atoms with Crippen molar-refractivity contribution in [2.75, 3.05) is 6.61 Å². The van der Waals surface area contributed by atoms with Crippen molar-refractivity contribution >= 4 is 29.6 Å². The number of benzene rings is 2. The first-order valence-corrected chi connectivity index (χ1v) is 11.6. The minimum absolute atomic E-state index is 0.706. The third kappa shape index (κ3) is 6.34. The number of unbranched alkanes of at least 4 members (excludes halogenated alkanes) is 1. The summed E-state index contributed by atoms with van der Waals surface area (Å²) in [6.07, 6.45) is 5.76. The lowest BCUT2D eigenvalue weighted by molar-refractivity contribution is 0.309. The van der Waals surface area contributed by atoms with Crippen molar-refractivity contribution in [3.8, 4) is 5.75 Å². The Morgan fingerprint density at radius 1 is 1.07 bits per heavy atom. The van der Waals surface area contributed by atoms with Gasteiger partial charge in [-0.15, -0.1) is 10.2 Å². The number of rotatable bonds is 11. The topological polar surface area (TPSA) is 52.3 Å². The van der Waals surface area contributed by atoms with Gasteiger partial charge in [-0.25, -0.2) is 0 Å². The van der Waals surface area contributed by atoms with E-state index in [1.807, 2.05) is 59.4 Å². The highest BCUT2D eigenvalue weighted by atomic mass is 35.5. The van der Waals surface area contributed by atoms with Crippen LogP contribution in [0.1, 0.15) is 50.1 Å². The van der Waals surface area contributed by atoms with Gasteiger partial charge < -0.3 is 4.74 Å².